The number of carbonyl (C=O) groups is 1. The van der Waals surface area contributed by atoms with Gasteiger partial charge in [-0.3, -0.25) is 9.69 Å². The molecule has 2 saturated heterocycles. The van der Waals surface area contributed by atoms with Gasteiger partial charge in [-0.2, -0.15) is 0 Å². The van der Waals surface area contributed by atoms with Crippen LogP contribution in [0.1, 0.15) is 43.9 Å². The molecule has 0 bridgehead atoms. The van der Waals surface area contributed by atoms with Gasteiger partial charge in [0.1, 0.15) is 0 Å². The minimum absolute atomic E-state index is 0.152. The van der Waals surface area contributed by atoms with Crippen LogP contribution >= 0.6 is 11.6 Å². The summed E-state index contributed by atoms with van der Waals surface area (Å²) in [7, 11) is 0. The van der Waals surface area contributed by atoms with Gasteiger partial charge in [0.2, 0.25) is 11.1 Å². The van der Waals surface area contributed by atoms with Crippen molar-refractivity contribution in [1.82, 2.24) is 15.0 Å². The van der Waals surface area contributed by atoms with Crippen molar-refractivity contribution in [2.75, 3.05) is 19.6 Å². The Balaban J connectivity index is 1.71. The van der Waals surface area contributed by atoms with Crippen molar-refractivity contribution in [2.45, 2.75) is 58.0 Å². The number of halogens is 1. The number of likely N-dealkylation sites (N-methyl/N-ethyl adjacent to an activating group) is 1. The molecule has 1 aromatic heterocycles. The lowest BCUT2D eigenvalue weighted by atomic mass is 10.0. The van der Waals surface area contributed by atoms with Crippen LogP contribution < -0.4 is 0 Å². The molecule has 2 aliphatic heterocycles. The Hall–Kier alpha value is -1.07. The first kappa shape index (κ1) is 15.8. The molecule has 0 N–H and O–H groups in total. The van der Waals surface area contributed by atoms with Gasteiger partial charge in [0.05, 0.1) is 12.1 Å². The molecule has 2 fully saturated rings. The van der Waals surface area contributed by atoms with Crippen molar-refractivity contribution in [3.63, 3.8) is 0 Å². The summed E-state index contributed by atoms with van der Waals surface area (Å²) in [6, 6.07) is 0.879. The Morgan fingerprint density at radius 3 is 2.73 bits per heavy atom. The number of amides is 1. The lowest BCUT2D eigenvalue weighted by Gasteiger charge is -2.34. The molecule has 0 saturated carbocycles. The Kier molecular flexibility index (Phi) is 4.73. The molecule has 3 rings (SSSR count). The molecule has 5 nitrogen and oxygen atoms in total. The number of carbonyl (C=O) groups excluding carboxylic acids is 1. The standard InChI is InChI=1S/C16H24ClN3O2/c1-3-19-8-4-6-13(19)14-7-5-9-20(14)15(21)10-12-11(2)18-22-16(12)17/h13-14H,3-10H2,1-2H3/t13-,14+/m0/s1. The molecule has 3 heterocycles. The maximum Gasteiger partial charge on any atom is 0.229 e. The number of hydrogen-bond donors (Lipinski definition) is 0. The number of rotatable bonds is 4. The summed E-state index contributed by atoms with van der Waals surface area (Å²) in [6.45, 7) is 7.13. The lowest BCUT2D eigenvalue weighted by molar-refractivity contribution is -0.132. The normalized spacial score (nSPS) is 26.0. The average Bonchev–Trinajstić information content (AvgIpc) is 3.21. The van der Waals surface area contributed by atoms with Gasteiger partial charge < -0.3 is 9.42 Å². The van der Waals surface area contributed by atoms with Gasteiger partial charge in [0.25, 0.3) is 0 Å². The van der Waals surface area contributed by atoms with Crippen molar-refractivity contribution in [2.24, 2.45) is 0 Å². The highest BCUT2D eigenvalue weighted by Crippen LogP contribution is 2.31. The van der Waals surface area contributed by atoms with Gasteiger partial charge in [-0.1, -0.05) is 12.1 Å². The highest BCUT2D eigenvalue weighted by Gasteiger charge is 2.39. The van der Waals surface area contributed by atoms with Gasteiger partial charge in [-0.05, 0) is 57.3 Å². The second kappa shape index (κ2) is 6.59. The summed E-state index contributed by atoms with van der Waals surface area (Å²) >= 11 is 6.00. The third-order valence-electron chi connectivity index (χ3n) is 5.15. The largest absolute Gasteiger partial charge is 0.344 e. The maximum atomic E-state index is 12.8. The summed E-state index contributed by atoms with van der Waals surface area (Å²) in [4.78, 5) is 17.4. The van der Waals surface area contributed by atoms with Gasteiger partial charge in [0, 0.05) is 24.2 Å². The summed E-state index contributed by atoms with van der Waals surface area (Å²) in [5, 5.41) is 4.08. The SMILES string of the molecule is CCN1CCC[C@H]1[C@H]1CCCN1C(=O)Cc1c(C)noc1Cl. The number of nitrogens with zero attached hydrogens (tertiary/aromatic N) is 3. The maximum absolute atomic E-state index is 12.8. The first-order valence-electron chi connectivity index (χ1n) is 8.26. The zero-order chi connectivity index (χ0) is 15.7. The van der Waals surface area contributed by atoms with Crippen LogP contribution in [0.25, 0.3) is 0 Å². The van der Waals surface area contributed by atoms with Crippen molar-refractivity contribution in [1.29, 1.82) is 0 Å². The van der Waals surface area contributed by atoms with Crippen LogP contribution in [-0.4, -0.2) is 52.6 Å². The van der Waals surface area contributed by atoms with Crippen molar-refractivity contribution < 1.29 is 9.32 Å². The molecule has 6 heteroatoms. The van der Waals surface area contributed by atoms with E-state index in [1.165, 1.54) is 12.8 Å². The van der Waals surface area contributed by atoms with Crippen LogP contribution in [0.5, 0.6) is 0 Å². The molecule has 0 spiro atoms. The highest BCUT2D eigenvalue weighted by atomic mass is 35.5. The number of aromatic nitrogens is 1. The Morgan fingerprint density at radius 1 is 1.32 bits per heavy atom. The third kappa shape index (κ3) is 2.88. The zero-order valence-electron chi connectivity index (χ0n) is 13.3. The molecule has 22 heavy (non-hydrogen) atoms. The summed E-state index contributed by atoms with van der Waals surface area (Å²) < 4.78 is 4.96. The van der Waals surface area contributed by atoms with Crippen LogP contribution in [0, 0.1) is 6.92 Å². The summed E-state index contributed by atoms with van der Waals surface area (Å²) in [5.74, 6) is 0.152. The van der Waals surface area contributed by atoms with E-state index in [2.05, 4.69) is 21.9 Å². The molecular weight excluding hydrogens is 302 g/mol. The van der Waals surface area contributed by atoms with E-state index in [-0.39, 0.29) is 11.1 Å². The molecule has 0 radical (unpaired) electrons. The monoisotopic (exact) mass is 325 g/mol. The van der Waals surface area contributed by atoms with Crippen LogP contribution in [-0.2, 0) is 11.2 Å². The van der Waals surface area contributed by atoms with Crippen molar-refractivity contribution in [3.05, 3.63) is 16.5 Å². The minimum atomic E-state index is 0.152. The van der Waals surface area contributed by atoms with E-state index in [4.69, 9.17) is 16.1 Å². The fourth-order valence-electron chi connectivity index (χ4n) is 3.99. The van der Waals surface area contributed by atoms with Crippen molar-refractivity contribution >= 4 is 17.5 Å². The quantitative estimate of drug-likeness (QED) is 0.854. The van der Waals surface area contributed by atoms with Crippen LogP contribution in [0.3, 0.4) is 0 Å². The highest BCUT2D eigenvalue weighted by molar-refractivity contribution is 6.29. The minimum Gasteiger partial charge on any atom is -0.344 e. The van der Waals surface area contributed by atoms with Gasteiger partial charge in [0.15, 0.2) is 0 Å². The van der Waals surface area contributed by atoms with Crippen LogP contribution in [0.4, 0.5) is 0 Å². The second-order valence-corrected chi connectivity index (χ2v) is 6.68. The predicted molar refractivity (Wildman–Crippen MR) is 85.0 cm³/mol. The molecule has 0 unspecified atom stereocenters. The van der Waals surface area contributed by atoms with Gasteiger partial charge in [-0.15, -0.1) is 0 Å². The number of likely N-dealkylation sites (tertiary alicyclic amines) is 2. The summed E-state index contributed by atoms with van der Waals surface area (Å²) in [5.41, 5.74) is 1.45. The summed E-state index contributed by atoms with van der Waals surface area (Å²) in [6.07, 6.45) is 4.95. The number of aryl methyl sites for hydroxylation is 1. The fraction of sp³-hybridized carbons (Fsp3) is 0.750. The Bertz CT molecular complexity index is 526. The molecular formula is C16H24ClN3O2. The average molecular weight is 326 g/mol. The molecule has 122 valence electrons. The topological polar surface area (TPSA) is 49.6 Å². The molecule has 1 amide bonds. The van der Waals surface area contributed by atoms with E-state index in [0.717, 1.165) is 38.0 Å². The van der Waals surface area contributed by atoms with E-state index in [1.807, 2.05) is 6.92 Å². The van der Waals surface area contributed by atoms with E-state index in [0.29, 0.717) is 24.2 Å². The fourth-order valence-corrected chi connectivity index (χ4v) is 4.23. The molecule has 2 aliphatic rings. The smallest absolute Gasteiger partial charge is 0.229 e. The van der Waals surface area contributed by atoms with Gasteiger partial charge >= 0.3 is 0 Å². The Labute approximate surface area is 136 Å². The van der Waals surface area contributed by atoms with Crippen molar-refractivity contribution in [3.8, 4) is 0 Å². The van der Waals surface area contributed by atoms with Gasteiger partial charge in [-0.25, -0.2) is 0 Å². The molecule has 0 aliphatic carbocycles. The Morgan fingerprint density at radius 2 is 2.05 bits per heavy atom. The van der Waals surface area contributed by atoms with E-state index in [9.17, 15) is 4.79 Å². The van der Waals surface area contributed by atoms with E-state index >= 15 is 0 Å². The molecule has 0 aromatic carbocycles. The predicted octanol–water partition coefficient (Wildman–Crippen LogP) is 2.65. The molecule has 1 aromatic rings. The van der Waals surface area contributed by atoms with E-state index < -0.39 is 0 Å². The second-order valence-electron chi connectivity index (χ2n) is 6.33. The lowest BCUT2D eigenvalue weighted by Crippen LogP contribution is -2.48. The van der Waals surface area contributed by atoms with Crippen LogP contribution in [0.2, 0.25) is 5.22 Å². The van der Waals surface area contributed by atoms with Crippen LogP contribution in [0.15, 0.2) is 4.52 Å². The zero-order valence-corrected chi connectivity index (χ0v) is 14.1. The first-order chi connectivity index (χ1) is 10.6. The molecule has 2 atom stereocenters. The third-order valence-corrected chi connectivity index (χ3v) is 5.45. The first-order valence-corrected chi connectivity index (χ1v) is 8.63. The number of hydrogen-bond acceptors (Lipinski definition) is 4. The van der Waals surface area contributed by atoms with E-state index in [1.54, 1.807) is 0 Å².